The summed E-state index contributed by atoms with van der Waals surface area (Å²) in [4.78, 5) is 9.59. The van der Waals surface area contributed by atoms with Gasteiger partial charge in [-0.3, -0.25) is 4.99 Å². The van der Waals surface area contributed by atoms with Crippen LogP contribution in [0.25, 0.3) is 0 Å². The van der Waals surface area contributed by atoms with Crippen LogP contribution in [0.5, 0.6) is 0 Å². The summed E-state index contributed by atoms with van der Waals surface area (Å²) in [5.41, 5.74) is 2.10. The molecular formula is C22H30FIN4O2S. The first-order valence-corrected chi connectivity index (χ1v) is 12.1. The van der Waals surface area contributed by atoms with Crippen molar-refractivity contribution in [1.29, 1.82) is 0 Å². The maximum absolute atomic E-state index is 13.1. The predicted octanol–water partition coefficient (Wildman–Crippen LogP) is 3.18. The molecule has 0 unspecified atom stereocenters. The van der Waals surface area contributed by atoms with Crippen LogP contribution >= 0.6 is 24.0 Å². The Hall–Kier alpha value is -1.88. The Balaban J connectivity index is 0.00000341. The summed E-state index contributed by atoms with van der Waals surface area (Å²) in [7, 11) is -3.17. The van der Waals surface area contributed by atoms with Gasteiger partial charge in [0.1, 0.15) is 5.82 Å². The molecule has 31 heavy (non-hydrogen) atoms. The molecule has 1 aliphatic heterocycles. The van der Waals surface area contributed by atoms with Crippen LogP contribution in [0.2, 0.25) is 0 Å². The topological polar surface area (TPSA) is 65.0 Å². The van der Waals surface area contributed by atoms with E-state index in [1.165, 1.54) is 18.4 Å². The highest BCUT2D eigenvalue weighted by molar-refractivity contribution is 14.0. The van der Waals surface area contributed by atoms with Crippen molar-refractivity contribution in [3.05, 3.63) is 59.9 Å². The Labute approximate surface area is 201 Å². The molecule has 0 radical (unpaired) electrons. The minimum absolute atomic E-state index is 0. The molecule has 1 heterocycles. The summed E-state index contributed by atoms with van der Waals surface area (Å²) < 4.78 is 36.3. The molecule has 1 saturated heterocycles. The highest BCUT2D eigenvalue weighted by atomic mass is 127. The number of piperazine rings is 1. The summed E-state index contributed by atoms with van der Waals surface area (Å²) in [6, 6.07) is 13.6. The van der Waals surface area contributed by atoms with Crippen LogP contribution in [0.4, 0.5) is 10.1 Å². The Morgan fingerprint density at radius 2 is 1.65 bits per heavy atom. The molecule has 0 bridgehead atoms. The summed E-state index contributed by atoms with van der Waals surface area (Å²) in [5, 5.41) is 3.36. The van der Waals surface area contributed by atoms with Crippen molar-refractivity contribution in [2.24, 2.45) is 4.99 Å². The zero-order chi connectivity index (χ0) is 21.6. The maximum Gasteiger partial charge on any atom is 0.194 e. The third-order valence-electron chi connectivity index (χ3n) is 5.12. The average Bonchev–Trinajstić information content (AvgIpc) is 2.74. The van der Waals surface area contributed by atoms with Crippen molar-refractivity contribution >= 4 is 45.5 Å². The van der Waals surface area contributed by atoms with Gasteiger partial charge in [0.05, 0.1) is 4.90 Å². The monoisotopic (exact) mass is 560 g/mol. The molecule has 2 aromatic rings. The predicted molar refractivity (Wildman–Crippen MR) is 135 cm³/mol. The number of guanidine groups is 1. The van der Waals surface area contributed by atoms with Gasteiger partial charge in [-0.05, 0) is 55.3 Å². The number of halogens is 2. The lowest BCUT2D eigenvalue weighted by Gasteiger charge is -2.37. The molecule has 0 aliphatic carbocycles. The highest BCUT2D eigenvalue weighted by Crippen LogP contribution is 2.17. The van der Waals surface area contributed by atoms with E-state index in [4.69, 9.17) is 4.99 Å². The number of benzene rings is 2. The second-order valence-electron chi connectivity index (χ2n) is 7.35. The molecule has 170 valence electrons. The van der Waals surface area contributed by atoms with E-state index in [1.807, 2.05) is 31.2 Å². The van der Waals surface area contributed by atoms with Crippen molar-refractivity contribution in [3.63, 3.8) is 0 Å². The first-order chi connectivity index (χ1) is 14.4. The van der Waals surface area contributed by atoms with Crippen molar-refractivity contribution in [3.8, 4) is 0 Å². The number of hydrogen-bond acceptors (Lipinski definition) is 4. The fourth-order valence-electron chi connectivity index (χ4n) is 3.45. The molecule has 0 amide bonds. The number of rotatable bonds is 6. The van der Waals surface area contributed by atoms with Crippen LogP contribution in [-0.2, 0) is 16.3 Å². The highest BCUT2D eigenvalue weighted by Gasteiger charge is 2.19. The van der Waals surface area contributed by atoms with Crippen molar-refractivity contribution in [1.82, 2.24) is 10.2 Å². The van der Waals surface area contributed by atoms with Crippen LogP contribution in [-0.4, -0.2) is 64.8 Å². The molecule has 0 spiro atoms. The molecule has 0 atom stereocenters. The van der Waals surface area contributed by atoms with E-state index in [-0.39, 0.29) is 29.8 Å². The van der Waals surface area contributed by atoms with E-state index < -0.39 is 9.84 Å². The molecule has 1 aliphatic rings. The smallest absolute Gasteiger partial charge is 0.194 e. The lowest BCUT2D eigenvalue weighted by Crippen LogP contribution is -2.52. The van der Waals surface area contributed by atoms with Gasteiger partial charge < -0.3 is 15.1 Å². The summed E-state index contributed by atoms with van der Waals surface area (Å²) in [6.07, 6.45) is 1.96. The summed E-state index contributed by atoms with van der Waals surface area (Å²) in [6.45, 7) is 6.84. The largest absolute Gasteiger partial charge is 0.368 e. The van der Waals surface area contributed by atoms with Crippen LogP contribution in [0.1, 0.15) is 12.5 Å². The van der Waals surface area contributed by atoms with Gasteiger partial charge in [-0.25, -0.2) is 12.8 Å². The van der Waals surface area contributed by atoms with E-state index in [1.54, 1.807) is 12.1 Å². The van der Waals surface area contributed by atoms with Crippen molar-refractivity contribution in [2.75, 3.05) is 50.4 Å². The zero-order valence-electron chi connectivity index (χ0n) is 17.9. The van der Waals surface area contributed by atoms with Crippen molar-refractivity contribution < 1.29 is 12.8 Å². The van der Waals surface area contributed by atoms with Crippen LogP contribution in [0.3, 0.4) is 0 Å². The Bertz CT molecular complexity index is 958. The van der Waals surface area contributed by atoms with E-state index in [0.29, 0.717) is 11.4 Å². The van der Waals surface area contributed by atoms with Gasteiger partial charge in [0.15, 0.2) is 15.8 Å². The third-order valence-corrected chi connectivity index (χ3v) is 6.25. The first-order valence-electron chi connectivity index (χ1n) is 10.2. The first kappa shape index (κ1) is 25.4. The molecule has 1 N–H and O–H groups in total. The third kappa shape index (κ3) is 7.34. The van der Waals surface area contributed by atoms with E-state index in [0.717, 1.165) is 56.4 Å². The molecule has 6 nitrogen and oxygen atoms in total. The number of sulfone groups is 1. The van der Waals surface area contributed by atoms with Gasteiger partial charge in [0.2, 0.25) is 0 Å². The lowest BCUT2D eigenvalue weighted by atomic mass is 10.1. The number of anilines is 1. The second-order valence-corrected chi connectivity index (χ2v) is 9.37. The molecule has 0 aromatic heterocycles. The van der Waals surface area contributed by atoms with Crippen LogP contribution < -0.4 is 10.2 Å². The van der Waals surface area contributed by atoms with E-state index >= 15 is 0 Å². The quantitative estimate of drug-likeness (QED) is 0.334. The SMILES string of the molecule is CCNC(=NCCc1ccc(S(C)(=O)=O)cc1)N1CCN(c2ccc(F)cc2)CC1.I. The van der Waals surface area contributed by atoms with Gasteiger partial charge in [0, 0.05) is 51.2 Å². The van der Waals surface area contributed by atoms with Crippen molar-refractivity contribution in [2.45, 2.75) is 18.2 Å². The Morgan fingerprint density at radius 1 is 1.03 bits per heavy atom. The number of aliphatic imine (C=N–C) groups is 1. The lowest BCUT2D eigenvalue weighted by molar-refractivity contribution is 0.372. The maximum atomic E-state index is 13.1. The standard InChI is InChI=1S/C22H29FN4O2S.HI/c1-3-24-22(25-13-12-18-4-10-21(11-5-18)30(2,28)29)27-16-14-26(15-17-27)20-8-6-19(23)7-9-20;/h4-11H,3,12-17H2,1-2H3,(H,24,25);1H. The van der Waals surface area contributed by atoms with Gasteiger partial charge in [0.25, 0.3) is 0 Å². The normalized spacial score (nSPS) is 14.9. The Morgan fingerprint density at radius 3 is 2.19 bits per heavy atom. The van der Waals surface area contributed by atoms with Gasteiger partial charge in [-0.15, -0.1) is 24.0 Å². The minimum Gasteiger partial charge on any atom is -0.368 e. The van der Waals surface area contributed by atoms with Gasteiger partial charge in [-0.2, -0.15) is 0 Å². The second kappa shape index (κ2) is 11.7. The van der Waals surface area contributed by atoms with Gasteiger partial charge >= 0.3 is 0 Å². The average molecular weight is 560 g/mol. The molecule has 1 fully saturated rings. The van der Waals surface area contributed by atoms with E-state index in [2.05, 4.69) is 15.1 Å². The van der Waals surface area contributed by atoms with E-state index in [9.17, 15) is 12.8 Å². The van der Waals surface area contributed by atoms with Gasteiger partial charge in [-0.1, -0.05) is 12.1 Å². The molecule has 9 heteroatoms. The fourth-order valence-corrected chi connectivity index (χ4v) is 4.08. The molecule has 3 rings (SSSR count). The van der Waals surface area contributed by atoms with Crippen LogP contribution in [0, 0.1) is 5.82 Å². The number of nitrogens with one attached hydrogen (secondary N) is 1. The zero-order valence-corrected chi connectivity index (χ0v) is 21.1. The molecule has 0 saturated carbocycles. The summed E-state index contributed by atoms with van der Waals surface area (Å²) in [5.74, 6) is 0.675. The fraction of sp³-hybridized carbons (Fsp3) is 0.409. The Kier molecular flexibility index (Phi) is 9.54. The molecular weight excluding hydrogens is 530 g/mol. The summed E-state index contributed by atoms with van der Waals surface area (Å²) >= 11 is 0. The van der Waals surface area contributed by atoms with Crippen LogP contribution in [0.15, 0.2) is 58.4 Å². The number of hydrogen-bond donors (Lipinski definition) is 1. The minimum atomic E-state index is -3.17. The number of nitrogens with zero attached hydrogens (tertiary/aromatic N) is 3. The molecule has 2 aromatic carbocycles.